The average Bonchev–Trinajstić information content (AvgIpc) is 3.06. The highest BCUT2D eigenvalue weighted by Gasteiger charge is 2.38. The van der Waals surface area contributed by atoms with Crippen LogP contribution in [-0.2, 0) is 14.3 Å². The molecule has 0 N–H and O–H groups in total. The molecule has 0 spiro atoms. The van der Waals surface area contributed by atoms with Crippen molar-refractivity contribution in [3.63, 3.8) is 0 Å². The van der Waals surface area contributed by atoms with Crippen LogP contribution in [-0.4, -0.2) is 54.5 Å². The van der Waals surface area contributed by atoms with Crippen molar-refractivity contribution in [3.8, 4) is 0 Å². The van der Waals surface area contributed by atoms with Crippen molar-refractivity contribution in [2.24, 2.45) is 11.8 Å². The third kappa shape index (κ3) is 3.50. The van der Waals surface area contributed by atoms with E-state index >= 15 is 0 Å². The molecule has 2 fully saturated rings. The van der Waals surface area contributed by atoms with Crippen LogP contribution in [0.2, 0.25) is 0 Å². The topological polar surface area (TPSA) is 62.7 Å². The van der Waals surface area contributed by atoms with E-state index in [4.69, 9.17) is 4.74 Å². The van der Waals surface area contributed by atoms with Gasteiger partial charge in [0.05, 0.1) is 23.1 Å². The van der Waals surface area contributed by atoms with Crippen molar-refractivity contribution in [2.75, 3.05) is 37.7 Å². The highest BCUT2D eigenvalue weighted by molar-refractivity contribution is 7.22. The summed E-state index contributed by atoms with van der Waals surface area (Å²) in [4.78, 5) is 32.8. The zero-order valence-corrected chi connectivity index (χ0v) is 16.0. The summed E-state index contributed by atoms with van der Waals surface area (Å²) < 4.78 is 19.7. The Labute approximate surface area is 160 Å². The molecule has 2 saturated heterocycles. The number of benzene rings is 1. The number of hydrogen-bond donors (Lipinski definition) is 0. The molecule has 0 bridgehead atoms. The second kappa shape index (κ2) is 7.42. The molecule has 0 saturated carbocycles. The van der Waals surface area contributed by atoms with Crippen LogP contribution in [0.3, 0.4) is 0 Å². The van der Waals surface area contributed by atoms with E-state index in [1.54, 1.807) is 13.0 Å². The van der Waals surface area contributed by atoms with Crippen molar-refractivity contribution >= 4 is 38.6 Å². The Balaban J connectivity index is 1.31. The number of fused-ring (bicyclic) bond motifs is 1. The molecule has 1 aromatic carbocycles. The van der Waals surface area contributed by atoms with Gasteiger partial charge in [-0.3, -0.25) is 9.59 Å². The lowest BCUT2D eigenvalue weighted by Gasteiger charge is -2.41. The first-order chi connectivity index (χ1) is 13.1. The lowest BCUT2D eigenvalue weighted by molar-refractivity contribution is -0.152. The summed E-state index contributed by atoms with van der Waals surface area (Å²) in [5, 5.41) is 0.764. The number of hydrogen-bond acceptors (Lipinski definition) is 6. The van der Waals surface area contributed by atoms with Gasteiger partial charge in [-0.05, 0) is 31.9 Å². The zero-order valence-electron chi connectivity index (χ0n) is 15.2. The lowest BCUT2D eigenvalue weighted by atomic mass is 9.93. The van der Waals surface area contributed by atoms with Gasteiger partial charge in [0.15, 0.2) is 5.13 Å². The van der Waals surface area contributed by atoms with Gasteiger partial charge in [0.25, 0.3) is 0 Å². The quantitative estimate of drug-likeness (QED) is 0.750. The first-order valence-corrected chi connectivity index (χ1v) is 10.1. The SMILES string of the molecule is CCOC(=O)C1CCN(C(=O)C2CN(c3nc4c(F)cccc4s3)C2)CC1. The molecule has 6 nitrogen and oxygen atoms in total. The molecular weight excluding hydrogens is 369 g/mol. The molecule has 3 heterocycles. The van der Waals surface area contributed by atoms with Gasteiger partial charge < -0.3 is 14.5 Å². The fourth-order valence-electron chi connectivity index (χ4n) is 3.68. The summed E-state index contributed by atoms with van der Waals surface area (Å²) in [6.07, 6.45) is 1.33. The van der Waals surface area contributed by atoms with E-state index in [0.29, 0.717) is 51.1 Å². The maximum Gasteiger partial charge on any atom is 0.309 e. The van der Waals surface area contributed by atoms with Gasteiger partial charge in [0.1, 0.15) is 11.3 Å². The molecule has 1 amide bonds. The summed E-state index contributed by atoms with van der Waals surface area (Å²) in [7, 11) is 0. The monoisotopic (exact) mass is 391 g/mol. The molecule has 0 aliphatic carbocycles. The Morgan fingerprint density at radius 3 is 2.67 bits per heavy atom. The molecule has 27 heavy (non-hydrogen) atoms. The highest BCUT2D eigenvalue weighted by atomic mass is 32.1. The van der Waals surface area contributed by atoms with Crippen LogP contribution in [0, 0.1) is 17.7 Å². The molecule has 0 radical (unpaired) electrons. The van der Waals surface area contributed by atoms with Gasteiger partial charge >= 0.3 is 5.97 Å². The zero-order chi connectivity index (χ0) is 19.0. The minimum atomic E-state index is -0.312. The maximum atomic E-state index is 13.8. The number of nitrogens with zero attached hydrogens (tertiary/aromatic N) is 3. The van der Waals surface area contributed by atoms with Crippen molar-refractivity contribution in [1.29, 1.82) is 0 Å². The number of aromatic nitrogens is 1. The first kappa shape index (κ1) is 18.2. The number of carbonyl (C=O) groups is 2. The van der Waals surface area contributed by atoms with Gasteiger partial charge in [-0.1, -0.05) is 17.4 Å². The van der Waals surface area contributed by atoms with Gasteiger partial charge in [-0.2, -0.15) is 0 Å². The van der Waals surface area contributed by atoms with Gasteiger partial charge in [0.2, 0.25) is 5.91 Å². The predicted molar refractivity (Wildman–Crippen MR) is 101 cm³/mol. The maximum absolute atomic E-state index is 13.8. The Morgan fingerprint density at radius 2 is 2.00 bits per heavy atom. The standard InChI is InChI=1S/C19H22FN3O3S/c1-2-26-18(25)12-6-8-22(9-7-12)17(24)13-10-23(11-13)19-21-16-14(20)4-3-5-15(16)27-19/h3-5,12-13H,2,6-11H2,1H3. The second-order valence-electron chi connectivity index (χ2n) is 7.04. The largest absolute Gasteiger partial charge is 0.466 e. The molecule has 1 aromatic heterocycles. The summed E-state index contributed by atoms with van der Waals surface area (Å²) in [5.41, 5.74) is 0.397. The van der Waals surface area contributed by atoms with E-state index in [9.17, 15) is 14.0 Å². The summed E-state index contributed by atoms with van der Waals surface area (Å²) >= 11 is 1.45. The molecule has 144 valence electrons. The number of ether oxygens (including phenoxy) is 1. The van der Waals surface area contributed by atoms with Crippen LogP contribution < -0.4 is 4.90 Å². The Kier molecular flexibility index (Phi) is 4.99. The van der Waals surface area contributed by atoms with Gasteiger partial charge in [0, 0.05) is 26.2 Å². The molecular formula is C19H22FN3O3S. The number of likely N-dealkylation sites (tertiary alicyclic amines) is 1. The third-order valence-corrected chi connectivity index (χ3v) is 6.37. The lowest BCUT2D eigenvalue weighted by Crippen LogP contribution is -2.56. The van der Waals surface area contributed by atoms with E-state index in [-0.39, 0.29) is 29.5 Å². The van der Waals surface area contributed by atoms with E-state index in [2.05, 4.69) is 4.98 Å². The van der Waals surface area contributed by atoms with Crippen molar-refractivity contribution in [2.45, 2.75) is 19.8 Å². The van der Waals surface area contributed by atoms with Crippen molar-refractivity contribution in [3.05, 3.63) is 24.0 Å². The summed E-state index contributed by atoms with van der Waals surface area (Å²) in [5.74, 6) is -0.471. The molecule has 8 heteroatoms. The molecule has 0 unspecified atom stereocenters. The van der Waals surface area contributed by atoms with Crippen LogP contribution in [0.25, 0.3) is 10.2 Å². The third-order valence-electron chi connectivity index (χ3n) is 5.29. The molecule has 2 aliphatic rings. The van der Waals surface area contributed by atoms with Gasteiger partial charge in [-0.15, -0.1) is 0 Å². The summed E-state index contributed by atoms with van der Waals surface area (Å²) in [6.45, 7) is 4.62. The number of anilines is 1. The van der Waals surface area contributed by atoms with E-state index < -0.39 is 0 Å². The summed E-state index contributed by atoms with van der Waals surface area (Å²) in [6, 6.07) is 4.95. The number of piperidine rings is 1. The number of para-hydroxylation sites is 1. The van der Waals surface area contributed by atoms with E-state index in [1.807, 2.05) is 15.9 Å². The number of amides is 1. The smallest absolute Gasteiger partial charge is 0.309 e. The Morgan fingerprint density at radius 1 is 1.26 bits per heavy atom. The van der Waals surface area contributed by atoms with Crippen molar-refractivity contribution < 1.29 is 18.7 Å². The second-order valence-corrected chi connectivity index (χ2v) is 8.05. The highest BCUT2D eigenvalue weighted by Crippen LogP contribution is 2.34. The molecule has 2 aliphatic heterocycles. The van der Waals surface area contributed by atoms with Crippen LogP contribution in [0.15, 0.2) is 18.2 Å². The Hall–Kier alpha value is -2.22. The normalized spacial score (nSPS) is 18.6. The fraction of sp³-hybridized carbons (Fsp3) is 0.526. The first-order valence-electron chi connectivity index (χ1n) is 9.32. The molecule has 0 atom stereocenters. The molecule has 4 rings (SSSR count). The van der Waals surface area contributed by atoms with Gasteiger partial charge in [-0.25, -0.2) is 9.37 Å². The van der Waals surface area contributed by atoms with Crippen molar-refractivity contribution in [1.82, 2.24) is 9.88 Å². The fourth-order valence-corrected chi connectivity index (χ4v) is 4.68. The van der Waals surface area contributed by atoms with Crippen LogP contribution in [0.5, 0.6) is 0 Å². The number of esters is 1. The minimum Gasteiger partial charge on any atom is -0.466 e. The number of halogens is 1. The number of rotatable bonds is 4. The number of carbonyl (C=O) groups excluding carboxylic acids is 2. The van der Waals surface area contributed by atoms with Crippen LogP contribution >= 0.6 is 11.3 Å². The Bertz CT molecular complexity index is 857. The van der Waals surface area contributed by atoms with Crippen LogP contribution in [0.1, 0.15) is 19.8 Å². The minimum absolute atomic E-state index is 0.0546. The number of thiazole rings is 1. The average molecular weight is 391 g/mol. The van der Waals surface area contributed by atoms with Crippen LogP contribution in [0.4, 0.5) is 9.52 Å². The van der Waals surface area contributed by atoms with E-state index in [1.165, 1.54) is 17.4 Å². The van der Waals surface area contributed by atoms with E-state index in [0.717, 1.165) is 9.83 Å². The molecule has 2 aromatic rings. The predicted octanol–water partition coefficient (Wildman–Crippen LogP) is 2.67.